The molecule has 2 N–H and O–H groups in total. The summed E-state index contributed by atoms with van der Waals surface area (Å²) in [4.78, 5) is 23.8. The van der Waals surface area contributed by atoms with Gasteiger partial charge in [-0.25, -0.2) is 5.43 Å². The molecule has 0 spiro atoms. The Morgan fingerprint density at radius 1 is 1.00 bits per heavy atom. The first-order chi connectivity index (χ1) is 12.0. The molecule has 2 amide bonds. The molecule has 7 nitrogen and oxygen atoms in total. The normalized spacial score (nSPS) is 10.4. The summed E-state index contributed by atoms with van der Waals surface area (Å²) >= 11 is 0. The number of ether oxygens (including phenoxy) is 2. The van der Waals surface area contributed by atoms with Crippen LogP contribution in [-0.4, -0.2) is 32.2 Å². The van der Waals surface area contributed by atoms with Crippen LogP contribution in [0.2, 0.25) is 0 Å². The molecule has 2 rings (SSSR count). The van der Waals surface area contributed by atoms with Crippen molar-refractivity contribution in [3.63, 3.8) is 0 Å². The van der Waals surface area contributed by atoms with Crippen LogP contribution in [0.4, 0.5) is 5.69 Å². The predicted molar refractivity (Wildman–Crippen MR) is 95.1 cm³/mol. The number of benzene rings is 2. The van der Waals surface area contributed by atoms with Crippen LogP contribution < -0.4 is 20.2 Å². The van der Waals surface area contributed by atoms with Crippen LogP contribution in [0.25, 0.3) is 0 Å². The molecular weight excluding hydrogens is 322 g/mol. The Labute approximate surface area is 145 Å². The Balaban J connectivity index is 1.98. The lowest BCUT2D eigenvalue weighted by Crippen LogP contribution is -2.32. The zero-order chi connectivity index (χ0) is 18.2. The number of amides is 2. The molecule has 0 unspecified atom stereocenters. The van der Waals surface area contributed by atoms with Crippen molar-refractivity contribution in [3.8, 4) is 11.5 Å². The molecule has 0 saturated heterocycles. The highest BCUT2D eigenvalue weighted by Crippen LogP contribution is 2.28. The Hall–Kier alpha value is -3.35. The van der Waals surface area contributed by atoms with Gasteiger partial charge >= 0.3 is 11.8 Å². The number of nitrogens with zero attached hydrogens (tertiary/aromatic N) is 1. The van der Waals surface area contributed by atoms with E-state index in [-0.39, 0.29) is 0 Å². The molecule has 2 aromatic rings. The van der Waals surface area contributed by atoms with E-state index in [0.717, 1.165) is 11.1 Å². The second-order valence-electron chi connectivity index (χ2n) is 5.13. The van der Waals surface area contributed by atoms with Crippen molar-refractivity contribution in [3.05, 3.63) is 53.6 Å². The Bertz CT molecular complexity index is 785. The second-order valence-corrected chi connectivity index (χ2v) is 5.13. The average Bonchev–Trinajstić information content (AvgIpc) is 2.63. The molecule has 2 aromatic carbocycles. The van der Waals surface area contributed by atoms with Crippen molar-refractivity contribution in [2.75, 3.05) is 19.5 Å². The minimum absolute atomic E-state index is 0.324. The molecule has 0 aliphatic heterocycles. The van der Waals surface area contributed by atoms with Gasteiger partial charge in [0.2, 0.25) is 0 Å². The molecule has 0 aliphatic rings. The second kappa shape index (κ2) is 8.49. The largest absolute Gasteiger partial charge is 0.497 e. The third-order valence-electron chi connectivity index (χ3n) is 3.32. The van der Waals surface area contributed by atoms with Crippen molar-refractivity contribution in [1.82, 2.24) is 5.43 Å². The molecule has 7 heteroatoms. The number of hydrogen-bond donors (Lipinski definition) is 2. The molecule has 25 heavy (non-hydrogen) atoms. The lowest BCUT2D eigenvalue weighted by Gasteiger charge is -2.11. The summed E-state index contributed by atoms with van der Waals surface area (Å²) in [5.41, 5.74) is 4.43. The van der Waals surface area contributed by atoms with Gasteiger partial charge in [-0.15, -0.1) is 0 Å². The molecule has 0 aliphatic carbocycles. The van der Waals surface area contributed by atoms with Crippen molar-refractivity contribution in [2.45, 2.75) is 6.92 Å². The molecule has 0 fully saturated rings. The van der Waals surface area contributed by atoms with E-state index in [1.807, 2.05) is 31.2 Å². The number of anilines is 1. The van der Waals surface area contributed by atoms with E-state index < -0.39 is 11.8 Å². The number of methoxy groups -OCH3 is 2. The first-order valence-corrected chi connectivity index (χ1v) is 7.46. The van der Waals surface area contributed by atoms with Crippen LogP contribution in [0.1, 0.15) is 11.1 Å². The van der Waals surface area contributed by atoms with Crippen LogP contribution in [0.3, 0.4) is 0 Å². The van der Waals surface area contributed by atoms with E-state index in [4.69, 9.17) is 9.47 Å². The fourth-order valence-corrected chi connectivity index (χ4v) is 1.96. The summed E-state index contributed by atoms with van der Waals surface area (Å²) < 4.78 is 10.2. The van der Waals surface area contributed by atoms with Gasteiger partial charge in [0, 0.05) is 6.07 Å². The molecular formula is C18H19N3O4. The standard InChI is InChI=1S/C18H19N3O4/c1-12-4-6-13(7-5-12)11-19-21-18(23)17(22)20-15-10-14(24-2)8-9-16(15)25-3/h4-11H,1-3H3,(H,20,22)(H,21,23)/b19-11+. The minimum Gasteiger partial charge on any atom is -0.497 e. The molecule has 0 aromatic heterocycles. The first kappa shape index (κ1) is 18.0. The number of rotatable bonds is 5. The van der Waals surface area contributed by atoms with Gasteiger partial charge in [-0.1, -0.05) is 29.8 Å². The highest BCUT2D eigenvalue weighted by molar-refractivity contribution is 6.39. The van der Waals surface area contributed by atoms with Gasteiger partial charge < -0.3 is 14.8 Å². The van der Waals surface area contributed by atoms with E-state index in [1.165, 1.54) is 20.4 Å². The fraction of sp³-hybridized carbons (Fsp3) is 0.167. The van der Waals surface area contributed by atoms with Gasteiger partial charge in [-0.05, 0) is 24.6 Å². The maximum absolute atomic E-state index is 12.0. The number of carbonyl (C=O) groups is 2. The summed E-state index contributed by atoms with van der Waals surface area (Å²) in [5.74, 6) is -0.833. The van der Waals surface area contributed by atoms with Crippen molar-refractivity contribution in [1.29, 1.82) is 0 Å². The van der Waals surface area contributed by atoms with Crippen molar-refractivity contribution < 1.29 is 19.1 Å². The molecule has 130 valence electrons. The van der Waals surface area contributed by atoms with Crippen LogP contribution in [0.15, 0.2) is 47.6 Å². The minimum atomic E-state index is -0.895. The van der Waals surface area contributed by atoms with E-state index in [0.29, 0.717) is 17.2 Å². The maximum atomic E-state index is 12.0. The first-order valence-electron chi connectivity index (χ1n) is 7.46. The molecule has 0 saturated carbocycles. The molecule has 0 heterocycles. The van der Waals surface area contributed by atoms with Gasteiger partial charge in [-0.3, -0.25) is 9.59 Å². The highest BCUT2D eigenvalue weighted by Gasteiger charge is 2.15. The zero-order valence-corrected chi connectivity index (χ0v) is 14.2. The van der Waals surface area contributed by atoms with E-state index in [9.17, 15) is 9.59 Å². The smallest absolute Gasteiger partial charge is 0.329 e. The van der Waals surface area contributed by atoms with Gasteiger partial charge in [0.25, 0.3) is 0 Å². The number of hydrogen-bond acceptors (Lipinski definition) is 5. The highest BCUT2D eigenvalue weighted by atomic mass is 16.5. The molecule has 0 radical (unpaired) electrons. The lowest BCUT2D eigenvalue weighted by atomic mass is 10.2. The number of aryl methyl sites for hydroxylation is 1. The third-order valence-corrected chi connectivity index (χ3v) is 3.32. The van der Waals surface area contributed by atoms with E-state index in [2.05, 4.69) is 15.8 Å². The molecule has 0 atom stereocenters. The van der Waals surface area contributed by atoms with Crippen LogP contribution in [0, 0.1) is 6.92 Å². The summed E-state index contributed by atoms with van der Waals surface area (Å²) in [5, 5.41) is 6.23. The monoisotopic (exact) mass is 341 g/mol. The third kappa shape index (κ3) is 5.07. The quantitative estimate of drug-likeness (QED) is 0.495. The Kier molecular flexibility index (Phi) is 6.11. The van der Waals surface area contributed by atoms with E-state index >= 15 is 0 Å². The van der Waals surface area contributed by atoms with Crippen molar-refractivity contribution >= 4 is 23.7 Å². The van der Waals surface area contributed by atoms with Crippen LogP contribution in [-0.2, 0) is 9.59 Å². The fourth-order valence-electron chi connectivity index (χ4n) is 1.96. The Morgan fingerprint density at radius 3 is 2.36 bits per heavy atom. The van der Waals surface area contributed by atoms with Gasteiger partial charge in [0.05, 0.1) is 26.1 Å². The SMILES string of the molecule is COc1ccc(OC)c(NC(=O)C(=O)N/N=C/c2ccc(C)cc2)c1. The van der Waals surface area contributed by atoms with Crippen LogP contribution >= 0.6 is 0 Å². The van der Waals surface area contributed by atoms with Crippen molar-refractivity contribution in [2.24, 2.45) is 5.10 Å². The maximum Gasteiger partial charge on any atom is 0.329 e. The number of hydrazone groups is 1. The average molecular weight is 341 g/mol. The number of nitrogens with one attached hydrogen (secondary N) is 2. The van der Waals surface area contributed by atoms with Gasteiger partial charge in [0.1, 0.15) is 11.5 Å². The Morgan fingerprint density at radius 2 is 1.72 bits per heavy atom. The predicted octanol–water partition coefficient (Wildman–Crippen LogP) is 2.10. The summed E-state index contributed by atoms with van der Waals surface area (Å²) in [7, 11) is 2.96. The summed E-state index contributed by atoms with van der Waals surface area (Å²) in [6.45, 7) is 1.97. The lowest BCUT2D eigenvalue weighted by molar-refractivity contribution is -0.136. The molecule has 0 bridgehead atoms. The summed E-state index contributed by atoms with van der Waals surface area (Å²) in [6, 6.07) is 12.4. The van der Waals surface area contributed by atoms with Gasteiger partial charge in [-0.2, -0.15) is 5.10 Å². The zero-order valence-electron chi connectivity index (χ0n) is 14.2. The van der Waals surface area contributed by atoms with Gasteiger partial charge in [0.15, 0.2) is 0 Å². The topological polar surface area (TPSA) is 89.0 Å². The van der Waals surface area contributed by atoms with Crippen LogP contribution in [0.5, 0.6) is 11.5 Å². The van der Waals surface area contributed by atoms with E-state index in [1.54, 1.807) is 18.2 Å². The number of carbonyl (C=O) groups excluding carboxylic acids is 2. The summed E-state index contributed by atoms with van der Waals surface area (Å²) in [6.07, 6.45) is 1.46.